The molecule has 0 radical (unpaired) electrons. The van der Waals surface area contributed by atoms with Crippen LogP contribution in [0.2, 0.25) is 0 Å². The molecule has 18 heavy (non-hydrogen) atoms. The van der Waals surface area contributed by atoms with Gasteiger partial charge < -0.3 is 14.6 Å². The van der Waals surface area contributed by atoms with E-state index in [1.54, 1.807) is 0 Å². The highest BCUT2D eigenvalue weighted by Gasteiger charge is 2.47. The first-order valence-corrected chi connectivity index (χ1v) is 6.30. The van der Waals surface area contributed by atoms with E-state index in [9.17, 15) is 14.7 Å². The number of rotatable bonds is 4. The molecule has 0 aliphatic heterocycles. The van der Waals surface area contributed by atoms with Crippen molar-refractivity contribution in [3.8, 4) is 0 Å². The monoisotopic (exact) mass is 258 g/mol. The van der Waals surface area contributed by atoms with Gasteiger partial charge in [0.1, 0.15) is 0 Å². The van der Waals surface area contributed by atoms with E-state index < -0.39 is 29.4 Å². The summed E-state index contributed by atoms with van der Waals surface area (Å²) in [6.45, 7) is 1.93. The van der Waals surface area contributed by atoms with Crippen LogP contribution in [0.25, 0.3) is 0 Å². The largest absolute Gasteiger partial charge is 0.469 e. The van der Waals surface area contributed by atoms with Crippen molar-refractivity contribution in [2.75, 3.05) is 14.2 Å². The zero-order valence-corrected chi connectivity index (χ0v) is 11.3. The van der Waals surface area contributed by atoms with Crippen molar-refractivity contribution in [1.29, 1.82) is 0 Å². The minimum Gasteiger partial charge on any atom is -0.469 e. The summed E-state index contributed by atoms with van der Waals surface area (Å²) in [7, 11) is 2.47. The molecular formula is C13H22O5. The van der Waals surface area contributed by atoms with Crippen LogP contribution in [0.1, 0.15) is 39.0 Å². The van der Waals surface area contributed by atoms with Gasteiger partial charge in [0, 0.05) is 0 Å². The van der Waals surface area contributed by atoms with Gasteiger partial charge in [0.2, 0.25) is 0 Å². The predicted molar refractivity (Wildman–Crippen MR) is 64.7 cm³/mol. The Kier molecular flexibility index (Phi) is 5.14. The first kappa shape index (κ1) is 15.0. The third-order valence-electron chi connectivity index (χ3n) is 3.96. The van der Waals surface area contributed by atoms with Crippen LogP contribution in [0.4, 0.5) is 0 Å². The summed E-state index contributed by atoms with van der Waals surface area (Å²) < 4.78 is 9.27. The summed E-state index contributed by atoms with van der Waals surface area (Å²) in [6, 6.07) is 0. The van der Waals surface area contributed by atoms with Gasteiger partial charge >= 0.3 is 11.9 Å². The molecule has 0 heterocycles. The van der Waals surface area contributed by atoms with E-state index in [2.05, 4.69) is 4.74 Å². The molecule has 0 aromatic carbocycles. The van der Waals surface area contributed by atoms with Gasteiger partial charge in [-0.05, 0) is 18.3 Å². The fourth-order valence-electron chi connectivity index (χ4n) is 2.85. The molecule has 1 aliphatic rings. The zero-order chi connectivity index (χ0) is 13.8. The molecule has 1 aliphatic carbocycles. The maximum absolute atomic E-state index is 11.9. The third-order valence-corrected chi connectivity index (χ3v) is 3.96. The van der Waals surface area contributed by atoms with Crippen molar-refractivity contribution in [2.24, 2.45) is 11.3 Å². The van der Waals surface area contributed by atoms with E-state index in [0.29, 0.717) is 0 Å². The minimum absolute atomic E-state index is 0.404. The molecule has 2 atom stereocenters. The standard InChI is InChI=1S/C13H22O5/c1-13(7-5-4-6-8-13)9(11(15)17-2)10(14)12(16)18-3/h9-10,14H,4-8H2,1-3H3. The van der Waals surface area contributed by atoms with E-state index in [4.69, 9.17) is 4.74 Å². The number of carbonyl (C=O) groups excluding carboxylic acids is 2. The van der Waals surface area contributed by atoms with Crippen molar-refractivity contribution in [1.82, 2.24) is 0 Å². The quantitative estimate of drug-likeness (QED) is 0.769. The smallest absolute Gasteiger partial charge is 0.335 e. The highest BCUT2D eigenvalue weighted by atomic mass is 16.5. The molecule has 2 unspecified atom stereocenters. The molecule has 104 valence electrons. The second-order valence-electron chi connectivity index (χ2n) is 5.18. The number of hydrogen-bond acceptors (Lipinski definition) is 5. The normalized spacial score (nSPS) is 21.8. The second kappa shape index (κ2) is 6.18. The van der Waals surface area contributed by atoms with E-state index in [0.717, 1.165) is 32.1 Å². The van der Waals surface area contributed by atoms with Gasteiger partial charge in [-0.1, -0.05) is 26.2 Å². The van der Waals surface area contributed by atoms with E-state index in [-0.39, 0.29) is 0 Å². The zero-order valence-electron chi connectivity index (χ0n) is 11.3. The Balaban J connectivity index is 2.96. The van der Waals surface area contributed by atoms with Gasteiger partial charge in [0.15, 0.2) is 6.10 Å². The molecule has 0 amide bonds. The Morgan fingerprint density at radius 3 is 2.00 bits per heavy atom. The lowest BCUT2D eigenvalue weighted by atomic mass is 9.65. The molecule has 0 spiro atoms. The molecule has 1 N–H and O–H groups in total. The Bertz CT molecular complexity index is 307. The molecule has 0 bridgehead atoms. The highest BCUT2D eigenvalue weighted by molar-refractivity contribution is 5.84. The number of ether oxygens (including phenoxy) is 2. The van der Waals surface area contributed by atoms with Gasteiger partial charge in [-0.2, -0.15) is 0 Å². The number of methoxy groups -OCH3 is 2. The maximum Gasteiger partial charge on any atom is 0.335 e. The number of hydrogen-bond donors (Lipinski definition) is 1. The Morgan fingerprint density at radius 2 is 1.56 bits per heavy atom. The SMILES string of the molecule is COC(=O)C(O)C(C(=O)OC)C1(C)CCCCC1. The van der Waals surface area contributed by atoms with Gasteiger partial charge in [0.25, 0.3) is 0 Å². The molecule has 0 saturated heterocycles. The van der Waals surface area contributed by atoms with Gasteiger partial charge in [-0.3, -0.25) is 4.79 Å². The number of aliphatic hydroxyl groups excluding tert-OH is 1. The average molecular weight is 258 g/mol. The van der Waals surface area contributed by atoms with Crippen LogP contribution in [0, 0.1) is 11.3 Å². The lowest BCUT2D eigenvalue weighted by molar-refractivity contribution is -0.171. The fourth-order valence-corrected chi connectivity index (χ4v) is 2.85. The second-order valence-corrected chi connectivity index (χ2v) is 5.18. The van der Waals surface area contributed by atoms with Gasteiger partial charge in [-0.25, -0.2) is 4.79 Å². The lowest BCUT2D eigenvalue weighted by Gasteiger charge is -2.40. The van der Waals surface area contributed by atoms with Crippen molar-refractivity contribution in [3.05, 3.63) is 0 Å². The van der Waals surface area contributed by atoms with Crippen molar-refractivity contribution >= 4 is 11.9 Å². The van der Waals surface area contributed by atoms with E-state index in [1.165, 1.54) is 14.2 Å². The predicted octanol–water partition coefficient (Wildman–Crippen LogP) is 1.28. The minimum atomic E-state index is -1.45. The molecule has 1 saturated carbocycles. The van der Waals surface area contributed by atoms with Crippen molar-refractivity contribution in [3.63, 3.8) is 0 Å². The van der Waals surface area contributed by atoms with Gasteiger partial charge in [0.05, 0.1) is 20.1 Å². The molecule has 0 aromatic heterocycles. The summed E-state index contributed by atoms with van der Waals surface area (Å²) in [5.74, 6) is -2.18. The third kappa shape index (κ3) is 3.02. The highest BCUT2D eigenvalue weighted by Crippen LogP contribution is 2.44. The van der Waals surface area contributed by atoms with Crippen LogP contribution in [0.15, 0.2) is 0 Å². The van der Waals surface area contributed by atoms with Crippen molar-refractivity contribution in [2.45, 2.75) is 45.1 Å². The van der Waals surface area contributed by atoms with Crippen molar-refractivity contribution < 1.29 is 24.2 Å². The number of aliphatic hydroxyl groups is 1. The molecule has 5 nitrogen and oxygen atoms in total. The summed E-state index contributed by atoms with van der Waals surface area (Å²) in [5, 5.41) is 10.0. The fraction of sp³-hybridized carbons (Fsp3) is 0.846. The van der Waals surface area contributed by atoms with Crippen LogP contribution in [0.5, 0.6) is 0 Å². The molecule has 5 heteroatoms. The Labute approximate surface area is 107 Å². The van der Waals surface area contributed by atoms with E-state index >= 15 is 0 Å². The number of carbonyl (C=O) groups is 2. The summed E-state index contributed by atoms with van der Waals surface area (Å²) in [6.07, 6.45) is 3.28. The number of esters is 2. The first-order chi connectivity index (χ1) is 8.46. The van der Waals surface area contributed by atoms with Crippen LogP contribution in [0.3, 0.4) is 0 Å². The van der Waals surface area contributed by atoms with E-state index in [1.807, 2.05) is 6.92 Å². The van der Waals surface area contributed by atoms with Gasteiger partial charge in [-0.15, -0.1) is 0 Å². The van der Waals surface area contributed by atoms with Crippen LogP contribution in [-0.2, 0) is 19.1 Å². The summed E-state index contributed by atoms with van der Waals surface area (Å²) in [4.78, 5) is 23.4. The molecule has 0 aromatic rings. The topological polar surface area (TPSA) is 72.8 Å². The average Bonchev–Trinajstić information content (AvgIpc) is 2.38. The molecule has 1 rings (SSSR count). The first-order valence-electron chi connectivity index (χ1n) is 6.30. The summed E-state index contributed by atoms with van der Waals surface area (Å²) >= 11 is 0. The summed E-state index contributed by atoms with van der Waals surface area (Å²) in [5.41, 5.74) is -0.404. The molecule has 1 fully saturated rings. The van der Waals surface area contributed by atoms with Crippen LogP contribution in [-0.4, -0.2) is 37.4 Å². The molecular weight excluding hydrogens is 236 g/mol. The Morgan fingerprint density at radius 1 is 1.06 bits per heavy atom. The van der Waals surface area contributed by atoms with Crippen LogP contribution >= 0.6 is 0 Å². The van der Waals surface area contributed by atoms with Crippen LogP contribution < -0.4 is 0 Å². The lowest BCUT2D eigenvalue weighted by Crippen LogP contribution is -2.47. The Hall–Kier alpha value is -1.10. The maximum atomic E-state index is 11.9.